The van der Waals surface area contributed by atoms with E-state index in [1.165, 1.54) is 26.6 Å². The molecule has 1 amide bonds. The third-order valence-corrected chi connectivity index (χ3v) is 6.10. The molecule has 0 spiro atoms. The number of oxazole rings is 1. The lowest BCUT2D eigenvalue weighted by Crippen LogP contribution is -2.58. The number of aliphatic hydroxyl groups is 1. The third kappa shape index (κ3) is 4.88. The fourth-order valence-electron chi connectivity index (χ4n) is 4.42. The summed E-state index contributed by atoms with van der Waals surface area (Å²) < 4.78 is 7.05. The monoisotopic (exact) mass is 502 g/mol. The molecule has 0 saturated carbocycles. The average molecular weight is 503 g/mol. The molecule has 0 aromatic carbocycles. The molecule has 37 heavy (non-hydrogen) atoms. The lowest BCUT2D eigenvalue weighted by Gasteiger charge is -2.42. The molecule has 0 bridgehead atoms. The van der Waals surface area contributed by atoms with Crippen molar-refractivity contribution in [2.75, 3.05) is 24.5 Å². The number of aromatic nitrogens is 5. The number of pyridine rings is 1. The van der Waals surface area contributed by atoms with Gasteiger partial charge in [0.15, 0.2) is 12.0 Å². The summed E-state index contributed by atoms with van der Waals surface area (Å²) in [6.07, 6.45) is 7.85. The molecule has 1 aliphatic rings. The van der Waals surface area contributed by atoms with Crippen molar-refractivity contribution >= 4 is 22.8 Å². The van der Waals surface area contributed by atoms with Crippen LogP contribution in [-0.2, 0) is 4.79 Å². The van der Waals surface area contributed by atoms with Gasteiger partial charge in [0.25, 0.3) is 5.91 Å². The van der Waals surface area contributed by atoms with Crippen LogP contribution >= 0.6 is 0 Å². The van der Waals surface area contributed by atoms with Gasteiger partial charge in [-0.25, -0.2) is 19.9 Å². The Labute approximate surface area is 215 Å². The number of hydrogen-bond acceptors (Lipinski definition) is 9. The van der Waals surface area contributed by atoms with Gasteiger partial charge < -0.3 is 19.3 Å². The Balaban J connectivity index is 0.00000156. The number of rotatable bonds is 4. The molecule has 0 radical (unpaired) electrons. The zero-order chi connectivity index (χ0) is 26.7. The van der Waals surface area contributed by atoms with Crippen LogP contribution in [0.15, 0.2) is 47.9 Å². The number of piperazine rings is 1. The molecule has 192 valence electrons. The number of nitrogens with zero attached hydrogens (tertiary/aromatic N) is 8. The SMILES string of the molecule is CC.CC1CN(c2ncnc3c2c(-c2cocn2)cn3-c2cc(C#N)ccn2)CCN1C(=O)C(C)(C)O. The van der Waals surface area contributed by atoms with E-state index in [1.807, 2.05) is 31.5 Å². The van der Waals surface area contributed by atoms with Crippen molar-refractivity contribution in [2.24, 2.45) is 0 Å². The zero-order valence-corrected chi connectivity index (χ0v) is 21.6. The van der Waals surface area contributed by atoms with Crippen LogP contribution in [0.1, 0.15) is 40.2 Å². The third-order valence-electron chi connectivity index (χ3n) is 6.10. The number of fused-ring (bicyclic) bond motifs is 1. The molecule has 1 fully saturated rings. The van der Waals surface area contributed by atoms with Crippen LogP contribution in [0.25, 0.3) is 28.1 Å². The minimum atomic E-state index is -1.43. The predicted octanol–water partition coefficient (Wildman–Crippen LogP) is 3.18. The van der Waals surface area contributed by atoms with Gasteiger partial charge in [-0.15, -0.1) is 0 Å². The summed E-state index contributed by atoms with van der Waals surface area (Å²) in [5.41, 5.74) is 1.04. The first-order valence-corrected chi connectivity index (χ1v) is 12.2. The van der Waals surface area contributed by atoms with Crippen LogP contribution in [0.4, 0.5) is 5.82 Å². The van der Waals surface area contributed by atoms with E-state index in [9.17, 15) is 15.2 Å². The Kier molecular flexibility index (Phi) is 7.22. The van der Waals surface area contributed by atoms with E-state index in [1.54, 1.807) is 29.5 Å². The molecule has 5 rings (SSSR count). The fraction of sp³-hybridized carbons (Fsp3) is 0.385. The van der Waals surface area contributed by atoms with E-state index in [4.69, 9.17) is 4.42 Å². The smallest absolute Gasteiger partial charge is 0.254 e. The minimum absolute atomic E-state index is 0.140. The van der Waals surface area contributed by atoms with Crippen molar-refractivity contribution in [3.05, 3.63) is 49.1 Å². The van der Waals surface area contributed by atoms with E-state index in [0.29, 0.717) is 48.2 Å². The Bertz CT molecular complexity index is 1430. The molecule has 1 atom stereocenters. The first-order valence-electron chi connectivity index (χ1n) is 12.2. The molecule has 1 N–H and O–H groups in total. The van der Waals surface area contributed by atoms with Gasteiger partial charge in [-0.05, 0) is 32.9 Å². The molecule has 11 nitrogen and oxygen atoms in total. The van der Waals surface area contributed by atoms with Crippen LogP contribution in [0.5, 0.6) is 0 Å². The van der Waals surface area contributed by atoms with Crippen molar-refractivity contribution < 1.29 is 14.3 Å². The molecule has 1 aliphatic heterocycles. The number of nitriles is 1. The number of carbonyl (C=O) groups is 1. The highest BCUT2D eigenvalue weighted by Crippen LogP contribution is 2.36. The van der Waals surface area contributed by atoms with E-state index < -0.39 is 5.60 Å². The second kappa shape index (κ2) is 10.4. The van der Waals surface area contributed by atoms with Gasteiger partial charge in [0.1, 0.15) is 35.5 Å². The van der Waals surface area contributed by atoms with E-state index in [0.717, 1.165) is 10.9 Å². The Morgan fingerprint density at radius 1 is 1.22 bits per heavy atom. The summed E-state index contributed by atoms with van der Waals surface area (Å²) in [6, 6.07) is 5.33. The van der Waals surface area contributed by atoms with Crippen molar-refractivity contribution in [2.45, 2.75) is 46.3 Å². The molecule has 1 unspecified atom stereocenters. The van der Waals surface area contributed by atoms with Gasteiger partial charge in [0.2, 0.25) is 0 Å². The quantitative estimate of drug-likeness (QED) is 0.446. The number of hydrogen-bond donors (Lipinski definition) is 1. The maximum atomic E-state index is 12.7. The van der Waals surface area contributed by atoms with Crippen molar-refractivity contribution in [1.82, 2.24) is 29.4 Å². The van der Waals surface area contributed by atoms with E-state index in [2.05, 4.69) is 30.9 Å². The summed E-state index contributed by atoms with van der Waals surface area (Å²) in [4.78, 5) is 34.4. The number of amides is 1. The van der Waals surface area contributed by atoms with Crippen molar-refractivity contribution in [1.29, 1.82) is 5.26 Å². The fourth-order valence-corrected chi connectivity index (χ4v) is 4.42. The number of anilines is 1. The van der Waals surface area contributed by atoms with Crippen LogP contribution < -0.4 is 4.90 Å². The second-order valence-electron chi connectivity index (χ2n) is 9.05. The maximum Gasteiger partial charge on any atom is 0.254 e. The Morgan fingerprint density at radius 2 is 2.00 bits per heavy atom. The lowest BCUT2D eigenvalue weighted by molar-refractivity contribution is -0.150. The van der Waals surface area contributed by atoms with Gasteiger partial charge in [0, 0.05) is 43.6 Å². The molecule has 11 heteroatoms. The van der Waals surface area contributed by atoms with E-state index >= 15 is 0 Å². The van der Waals surface area contributed by atoms with Crippen LogP contribution in [0, 0.1) is 11.3 Å². The normalized spacial score (nSPS) is 15.8. The highest BCUT2D eigenvalue weighted by Gasteiger charge is 2.36. The van der Waals surface area contributed by atoms with Gasteiger partial charge in [0.05, 0.1) is 17.0 Å². The standard InChI is InChI=1S/C24H24N8O3.C2H6/c1-15-10-30(6-7-31(15)23(33)24(2,3)34)21-20-17(18-12-35-14-29-18)11-32(22(20)28-13-27-21)19-8-16(9-25)4-5-26-19;1-2/h4-5,8,11-15,34H,6-7,10H2,1-3H3;1-2H3. The maximum absolute atomic E-state index is 12.7. The molecule has 5 heterocycles. The molecule has 0 aliphatic carbocycles. The number of carbonyl (C=O) groups excluding carboxylic acids is 1. The highest BCUT2D eigenvalue weighted by atomic mass is 16.3. The van der Waals surface area contributed by atoms with Crippen LogP contribution in [0.2, 0.25) is 0 Å². The Morgan fingerprint density at radius 3 is 2.65 bits per heavy atom. The van der Waals surface area contributed by atoms with Crippen LogP contribution in [0.3, 0.4) is 0 Å². The lowest BCUT2D eigenvalue weighted by atomic mass is 10.0. The summed E-state index contributed by atoms with van der Waals surface area (Å²) in [5.74, 6) is 0.947. The summed E-state index contributed by atoms with van der Waals surface area (Å²) in [6.45, 7) is 10.5. The van der Waals surface area contributed by atoms with Crippen molar-refractivity contribution in [3.63, 3.8) is 0 Å². The zero-order valence-electron chi connectivity index (χ0n) is 21.6. The molecule has 1 saturated heterocycles. The van der Waals surface area contributed by atoms with Gasteiger partial charge >= 0.3 is 0 Å². The summed E-state index contributed by atoms with van der Waals surface area (Å²) in [7, 11) is 0. The van der Waals surface area contributed by atoms with Gasteiger partial charge in [-0.1, -0.05) is 13.8 Å². The van der Waals surface area contributed by atoms with E-state index in [-0.39, 0.29) is 11.9 Å². The predicted molar refractivity (Wildman–Crippen MR) is 138 cm³/mol. The minimum Gasteiger partial charge on any atom is -0.451 e. The van der Waals surface area contributed by atoms with Crippen molar-refractivity contribution in [3.8, 4) is 23.1 Å². The molecule has 4 aromatic heterocycles. The highest BCUT2D eigenvalue weighted by molar-refractivity contribution is 6.01. The van der Waals surface area contributed by atoms with Gasteiger partial charge in [-0.3, -0.25) is 9.36 Å². The molecular weight excluding hydrogens is 472 g/mol. The first kappa shape index (κ1) is 25.8. The topological polar surface area (TPSA) is 137 Å². The summed E-state index contributed by atoms with van der Waals surface area (Å²) >= 11 is 0. The first-order chi connectivity index (χ1) is 17.8. The molecular formula is C26H30N8O3. The largest absolute Gasteiger partial charge is 0.451 e. The molecule has 4 aromatic rings. The van der Waals surface area contributed by atoms with Crippen LogP contribution in [-0.4, -0.2) is 71.7 Å². The second-order valence-corrected chi connectivity index (χ2v) is 9.05. The summed E-state index contributed by atoms with van der Waals surface area (Å²) in [5, 5.41) is 20.3. The Hall–Kier alpha value is -4.30. The average Bonchev–Trinajstić information content (AvgIpc) is 3.57. The van der Waals surface area contributed by atoms with Gasteiger partial charge in [-0.2, -0.15) is 5.26 Å².